The monoisotopic (exact) mass is 288 g/mol. The highest BCUT2D eigenvalue weighted by atomic mass is 16.3. The normalized spacial score (nSPS) is 21.3. The number of carbonyl (C=O) groups is 1. The number of urea groups is 1. The quantitative estimate of drug-likeness (QED) is 0.827. The summed E-state index contributed by atoms with van der Waals surface area (Å²) in [7, 11) is 0. The molecule has 3 rings (SSSR count). The van der Waals surface area contributed by atoms with Crippen molar-refractivity contribution in [2.24, 2.45) is 0 Å². The maximum atomic E-state index is 12.0. The Kier molecular flexibility index (Phi) is 4.63. The van der Waals surface area contributed by atoms with E-state index in [9.17, 15) is 4.79 Å². The fraction of sp³-hybridized carbons (Fsp3) is 0.588. The molecule has 1 unspecified atom stereocenters. The SMILES string of the molecule is O=C(NCCC1=CCCCC1)NC1CCCc2occc21. The number of aryl methyl sites for hydroxylation is 1. The maximum absolute atomic E-state index is 12.0. The molecule has 2 aliphatic rings. The second-order valence-electron chi connectivity index (χ2n) is 6.00. The molecule has 0 radical (unpaired) electrons. The lowest BCUT2D eigenvalue weighted by Crippen LogP contribution is -2.39. The van der Waals surface area contributed by atoms with Crippen LogP contribution in [-0.4, -0.2) is 12.6 Å². The topological polar surface area (TPSA) is 54.3 Å². The Morgan fingerprint density at radius 1 is 1.29 bits per heavy atom. The standard InChI is InChI=1S/C17H24N2O2/c20-17(18-11-9-13-5-2-1-3-6-13)19-15-7-4-8-16-14(15)10-12-21-16/h5,10,12,15H,1-4,6-9,11H2,(H2,18,19,20). The van der Waals surface area contributed by atoms with E-state index >= 15 is 0 Å². The molecular weight excluding hydrogens is 264 g/mol. The Morgan fingerprint density at radius 3 is 3.10 bits per heavy atom. The van der Waals surface area contributed by atoms with Crippen molar-refractivity contribution in [2.45, 2.75) is 57.4 Å². The fourth-order valence-electron chi connectivity index (χ4n) is 3.31. The Bertz CT molecular complexity index is 519. The second kappa shape index (κ2) is 6.83. The largest absolute Gasteiger partial charge is 0.469 e. The van der Waals surface area contributed by atoms with Gasteiger partial charge in [0.05, 0.1) is 12.3 Å². The van der Waals surface area contributed by atoms with Crippen LogP contribution in [0.15, 0.2) is 28.4 Å². The summed E-state index contributed by atoms with van der Waals surface area (Å²) >= 11 is 0. The molecule has 114 valence electrons. The van der Waals surface area contributed by atoms with Gasteiger partial charge >= 0.3 is 6.03 Å². The smallest absolute Gasteiger partial charge is 0.315 e. The number of allylic oxidation sites excluding steroid dienone is 1. The third kappa shape index (κ3) is 3.69. The van der Waals surface area contributed by atoms with E-state index < -0.39 is 0 Å². The molecule has 2 aliphatic carbocycles. The van der Waals surface area contributed by atoms with Crippen LogP contribution in [0.1, 0.15) is 62.3 Å². The summed E-state index contributed by atoms with van der Waals surface area (Å²) in [5.74, 6) is 1.03. The minimum Gasteiger partial charge on any atom is -0.469 e. The highest BCUT2D eigenvalue weighted by molar-refractivity contribution is 5.74. The summed E-state index contributed by atoms with van der Waals surface area (Å²) in [6.45, 7) is 0.725. The van der Waals surface area contributed by atoms with Crippen LogP contribution < -0.4 is 10.6 Å². The van der Waals surface area contributed by atoms with Crippen LogP contribution in [-0.2, 0) is 6.42 Å². The van der Waals surface area contributed by atoms with Gasteiger partial charge in [-0.3, -0.25) is 0 Å². The third-order valence-electron chi connectivity index (χ3n) is 4.47. The van der Waals surface area contributed by atoms with Gasteiger partial charge in [-0.05, 0) is 51.0 Å². The van der Waals surface area contributed by atoms with E-state index in [0.717, 1.165) is 43.6 Å². The molecule has 2 N–H and O–H groups in total. The zero-order valence-corrected chi connectivity index (χ0v) is 12.5. The van der Waals surface area contributed by atoms with Crippen molar-refractivity contribution in [3.05, 3.63) is 35.3 Å². The first-order valence-electron chi connectivity index (χ1n) is 8.11. The van der Waals surface area contributed by atoms with E-state index in [1.54, 1.807) is 6.26 Å². The number of carbonyl (C=O) groups excluding carboxylic acids is 1. The predicted molar refractivity (Wildman–Crippen MR) is 82.1 cm³/mol. The number of hydrogen-bond donors (Lipinski definition) is 2. The molecule has 1 aromatic rings. The molecule has 1 aromatic heterocycles. The number of furan rings is 1. The number of hydrogen-bond acceptors (Lipinski definition) is 2. The molecule has 0 aromatic carbocycles. The van der Waals surface area contributed by atoms with Crippen LogP contribution in [0.5, 0.6) is 0 Å². The van der Waals surface area contributed by atoms with Crippen molar-refractivity contribution in [3.63, 3.8) is 0 Å². The van der Waals surface area contributed by atoms with Crippen LogP contribution in [0.4, 0.5) is 4.79 Å². The van der Waals surface area contributed by atoms with E-state index in [-0.39, 0.29) is 12.1 Å². The number of nitrogens with one attached hydrogen (secondary N) is 2. The van der Waals surface area contributed by atoms with E-state index in [1.165, 1.54) is 31.3 Å². The van der Waals surface area contributed by atoms with E-state index in [1.807, 2.05) is 6.07 Å². The molecule has 0 spiro atoms. The average molecular weight is 288 g/mol. The Labute approximate surface area is 126 Å². The first kappa shape index (κ1) is 14.2. The van der Waals surface area contributed by atoms with Gasteiger partial charge in [-0.15, -0.1) is 0 Å². The summed E-state index contributed by atoms with van der Waals surface area (Å²) in [6, 6.07) is 2.01. The van der Waals surface area contributed by atoms with Gasteiger partial charge in [0.2, 0.25) is 0 Å². The van der Waals surface area contributed by atoms with E-state index in [2.05, 4.69) is 16.7 Å². The summed E-state index contributed by atoms with van der Waals surface area (Å²) in [5.41, 5.74) is 2.64. The third-order valence-corrected chi connectivity index (χ3v) is 4.47. The molecule has 2 amide bonds. The first-order chi connectivity index (χ1) is 10.3. The molecule has 0 saturated carbocycles. The zero-order chi connectivity index (χ0) is 14.5. The molecular formula is C17H24N2O2. The van der Waals surface area contributed by atoms with Gasteiger partial charge in [-0.1, -0.05) is 11.6 Å². The van der Waals surface area contributed by atoms with Gasteiger partial charge in [-0.25, -0.2) is 4.79 Å². The van der Waals surface area contributed by atoms with Gasteiger partial charge < -0.3 is 15.1 Å². The maximum Gasteiger partial charge on any atom is 0.315 e. The number of fused-ring (bicyclic) bond motifs is 1. The minimum absolute atomic E-state index is 0.0644. The van der Waals surface area contributed by atoms with Crippen molar-refractivity contribution in [2.75, 3.05) is 6.54 Å². The molecule has 0 aliphatic heterocycles. The van der Waals surface area contributed by atoms with Gasteiger partial charge in [0.15, 0.2) is 0 Å². The van der Waals surface area contributed by atoms with Crippen LogP contribution in [0.25, 0.3) is 0 Å². The zero-order valence-electron chi connectivity index (χ0n) is 12.5. The molecule has 1 atom stereocenters. The van der Waals surface area contributed by atoms with Crippen LogP contribution in [0.3, 0.4) is 0 Å². The lowest BCUT2D eigenvalue weighted by atomic mass is 9.93. The van der Waals surface area contributed by atoms with Gasteiger partial charge in [0.1, 0.15) is 5.76 Å². The molecule has 1 heterocycles. The molecule has 0 bridgehead atoms. The molecule has 0 fully saturated rings. The van der Waals surface area contributed by atoms with Crippen molar-refractivity contribution in [1.29, 1.82) is 0 Å². The Morgan fingerprint density at radius 2 is 2.24 bits per heavy atom. The fourth-order valence-corrected chi connectivity index (χ4v) is 3.31. The highest BCUT2D eigenvalue weighted by Gasteiger charge is 2.23. The number of rotatable bonds is 4. The summed E-state index contributed by atoms with van der Waals surface area (Å²) in [4.78, 5) is 12.0. The summed E-state index contributed by atoms with van der Waals surface area (Å²) in [5, 5.41) is 6.05. The van der Waals surface area contributed by atoms with Crippen LogP contribution in [0, 0.1) is 0 Å². The minimum atomic E-state index is -0.0644. The predicted octanol–water partition coefficient (Wildman–Crippen LogP) is 3.85. The Balaban J connectivity index is 1.44. The van der Waals surface area contributed by atoms with Crippen LogP contribution in [0.2, 0.25) is 0 Å². The summed E-state index contributed by atoms with van der Waals surface area (Å²) < 4.78 is 5.45. The second-order valence-corrected chi connectivity index (χ2v) is 6.00. The number of amides is 2. The molecule has 21 heavy (non-hydrogen) atoms. The molecule has 4 nitrogen and oxygen atoms in total. The first-order valence-corrected chi connectivity index (χ1v) is 8.11. The van der Waals surface area contributed by atoms with Crippen molar-refractivity contribution in [1.82, 2.24) is 10.6 Å². The lowest BCUT2D eigenvalue weighted by Gasteiger charge is -2.23. The van der Waals surface area contributed by atoms with Crippen molar-refractivity contribution < 1.29 is 9.21 Å². The Hall–Kier alpha value is -1.71. The van der Waals surface area contributed by atoms with Gasteiger partial charge in [0.25, 0.3) is 0 Å². The summed E-state index contributed by atoms with van der Waals surface area (Å²) in [6.07, 6.45) is 13.1. The van der Waals surface area contributed by atoms with Crippen molar-refractivity contribution >= 4 is 6.03 Å². The average Bonchev–Trinajstić information content (AvgIpc) is 2.98. The van der Waals surface area contributed by atoms with Crippen molar-refractivity contribution in [3.8, 4) is 0 Å². The lowest BCUT2D eigenvalue weighted by molar-refractivity contribution is 0.235. The van der Waals surface area contributed by atoms with Crippen LogP contribution >= 0.6 is 0 Å². The molecule has 0 saturated heterocycles. The molecule has 4 heteroatoms. The van der Waals surface area contributed by atoms with Gasteiger partial charge in [-0.2, -0.15) is 0 Å². The highest BCUT2D eigenvalue weighted by Crippen LogP contribution is 2.30. The van der Waals surface area contributed by atoms with E-state index in [0.29, 0.717) is 0 Å². The van der Waals surface area contributed by atoms with E-state index in [4.69, 9.17) is 4.42 Å². The van der Waals surface area contributed by atoms with Gasteiger partial charge in [0, 0.05) is 18.5 Å².